The van der Waals surface area contributed by atoms with Crippen molar-refractivity contribution in [1.29, 1.82) is 0 Å². The molecule has 2 N–H and O–H groups in total. The second-order valence-electron chi connectivity index (χ2n) is 4.24. The van der Waals surface area contributed by atoms with Crippen LogP contribution >= 0.6 is 15.9 Å². The van der Waals surface area contributed by atoms with Gasteiger partial charge in [-0.15, -0.1) is 0 Å². The van der Waals surface area contributed by atoms with E-state index in [0.29, 0.717) is 6.04 Å². The smallest absolute Gasteiger partial charge is 0.0603 e. The number of nitrogens with zero attached hydrogens (tertiary/aromatic N) is 1. The average molecular weight is 269 g/mol. The van der Waals surface area contributed by atoms with Gasteiger partial charge < -0.3 is 10.6 Å². The highest BCUT2D eigenvalue weighted by Gasteiger charge is 2.19. The highest BCUT2D eigenvalue weighted by molar-refractivity contribution is 9.10. The van der Waals surface area contributed by atoms with Crippen molar-refractivity contribution in [2.75, 3.05) is 17.2 Å². The lowest BCUT2D eigenvalue weighted by Gasteiger charge is -2.36. The molecule has 0 amide bonds. The molecule has 15 heavy (non-hydrogen) atoms. The fourth-order valence-electron chi connectivity index (χ4n) is 2.24. The maximum absolute atomic E-state index is 6.04. The van der Waals surface area contributed by atoms with Gasteiger partial charge in [-0.05, 0) is 44.4 Å². The van der Waals surface area contributed by atoms with Gasteiger partial charge in [0.1, 0.15) is 0 Å². The Kier molecular flexibility index (Phi) is 3.19. The van der Waals surface area contributed by atoms with Crippen molar-refractivity contribution in [3.05, 3.63) is 22.7 Å². The Bertz CT molecular complexity index is 351. The van der Waals surface area contributed by atoms with Crippen molar-refractivity contribution in [3.63, 3.8) is 0 Å². The van der Waals surface area contributed by atoms with E-state index in [1.807, 2.05) is 6.07 Å². The zero-order chi connectivity index (χ0) is 10.8. The van der Waals surface area contributed by atoms with Crippen molar-refractivity contribution < 1.29 is 0 Å². The fraction of sp³-hybridized carbons (Fsp3) is 0.500. The lowest BCUT2D eigenvalue weighted by atomic mass is 10.0. The van der Waals surface area contributed by atoms with Crippen LogP contribution in [0.15, 0.2) is 22.7 Å². The molecule has 1 aromatic rings. The van der Waals surface area contributed by atoms with Crippen LogP contribution < -0.4 is 10.6 Å². The van der Waals surface area contributed by atoms with E-state index in [2.05, 4.69) is 39.9 Å². The summed E-state index contributed by atoms with van der Waals surface area (Å²) in [5.74, 6) is 0. The molecular formula is C12H17BrN2. The van der Waals surface area contributed by atoms with Gasteiger partial charge in [0, 0.05) is 17.1 Å². The minimum Gasteiger partial charge on any atom is -0.397 e. The molecule has 3 heteroatoms. The lowest BCUT2D eigenvalue weighted by molar-refractivity contribution is 0.485. The third-order valence-corrected chi connectivity index (χ3v) is 3.60. The zero-order valence-electron chi connectivity index (χ0n) is 9.04. The number of nitrogen functional groups attached to an aromatic ring is 1. The van der Waals surface area contributed by atoms with Gasteiger partial charge in [-0.25, -0.2) is 0 Å². The first-order chi connectivity index (χ1) is 7.18. The van der Waals surface area contributed by atoms with Crippen molar-refractivity contribution in [1.82, 2.24) is 0 Å². The molecule has 82 valence electrons. The molecule has 1 aliphatic heterocycles. The van der Waals surface area contributed by atoms with E-state index in [1.165, 1.54) is 24.9 Å². The van der Waals surface area contributed by atoms with Crippen LogP contribution in [0.2, 0.25) is 0 Å². The van der Waals surface area contributed by atoms with Gasteiger partial charge in [-0.1, -0.05) is 15.9 Å². The van der Waals surface area contributed by atoms with E-state index in [-0.39, 0.29) is 0 Å². The molecule has 0 aliphatic carbocycles. The summed E-state index contributed by atoms with van der Waals surface area (Å²) >= 11 is 3.44. The highest BCUT2D eigenvalue weighted by atomic mass is 79.9. The van der Waals surface area contributed by atoms with Crippen LogP contribution in [0.5, 0.6) is 0 Å². The van der Waals surface area contributed by atoms with Gasteiger partial charge in [0.2, 0.25) is 0 Å². The predicted molar refractivity (Wildman–Crippen MR) is 69.2 cm³/mol. The molecule has 1 saturated heterocycles. The minimum atomic E-state index is 0.613. The number of rotatable bonds is 1. The van der Waals surface area contributed by atoms with E-state index in [0.717, 1.165) is 16.7 Å². The molecule has 1 fully saturated rings. The van der Waals surface area contributed by atoms with Gasteiger partial charge in [0.05, 0.1) is 11.4 Å². The van der Waals surface area contributed by atoms with E-state index < -0.39 is 0 Å². The number of piperidine rings is 1. The molecule has 0 bridgehead atoms. The molecule has 1 aromatic carbocycles. The number of anilines is 2. The molecule has 2 nitrogen and oxygen atoms in total. The van der Waals surface area contributed by atoms with Crippen molar-refractivity contribution in [2.24, 2.45) is 0 Å². The molecule has 1 atom stereocenters. The summed E-state index contributed by atoms with van der Waals surface area (Å²) in [5, 5.41) is 0. The van der Waals surface area contributed by atoms with Crippen LogP contribution in [-0.2, 0) is 0 Å². The van der Waals surface area contributed by atoms with Gasteiger partial charge in [-0.3, -0.25) is 0 Å². The number of hydrogen-bond acceptors (Lipinski definition) is 2. The summed E-state index contributed by atoms with van der Waals surface area (Å²) in [7, 11) is 0. The number of hydrogen-bond donors (Lipinski definition) is 1. The predicted octanol–water partition coefficient (Wildman–Crippen LogP) is 3.41. The molecule has 1 unspecified atom stereocenters. The Morgan fingerprint density at radius 2 is 2.20 bits per heavy atom. The largest absolute Gasteiger partial charge is 0.397 e. The SMILES string of the molecule is CC1CCCCN1c1ccc(Br)cc1N. The topological polar surface area (TPSA) is 29.3 Å². The summed E-state index contributed by atoms with van der Waals surface area (Å²) < 4.78 is 1.05. The third kappa shape index (κ3) is 2.28. The Balaban J connectivity index is 2.27. The summed E-state index contributed by atoms with van der Waals surface area (Å²) in [5.41, 5.74) is 8.10. The number of benzene rings is 1. The first-order valence-electron chi connectivity index (χ1n) is 5.50. The maximum Gasteiger partial charge on any atom is 0.0603 e. The van der Waals surface area contributed by atoms with Crippen LogP contribution in [0.1, 0.15) is 26.2 Å². The summed E-state index contributed by atoms with van der Waals surface area (Å²) in [6, 6.07) is 6.77. The summed E-state index contributed by atoms with van der Waals surface area (Å²) in [6.45, 7) is 3.41. The van der Waals surface area contributed by atoms with Crippen LogP contribution in [0.25, 0.3) is 0 Å². The van der Waals surface area contributed by atoms with Crippen molar-refractivity contribution in [2.45, 2.75) is 32.2 Å². The monoisotopic (exact) mass is 268 g/mol. The van der Waals surface area contributed by atoms with Gasteiger partial charge >= 0.3 is 0 Å². The summed E-state index contributed by atoms with van der Waals surface area (Å²) in [4.78, 5) is 2.42. The van der Waals surface area contributed by atoms with E-state index in [4.69, 9.17) is 5.73 Å². The Hall–Kier alpha value is -0.700. The van der Waals surface area contributed by atoms with Crippen LogP contribution in [-0.4, -0.2) is 12.6 Å². The minimum absolute atomic E-state index is 0.613. The normalized spacial score (nSPS) is 21.7. The molecule has 1 heterocycles. The van der Waals surface area contributed by atoms with Crippen LogP contribution in [0, 0.1) is 0 Å². The Morgan fingerprint density at radius 3 is 2.87 bits per heavy atom. The maximum atomic E-state index is 6.04. The van der Waals surface area contributed by atoms with E-state index in [9.17, 15) is 0 Å². The van der Waals surface area contributed by atoms with Gasteiger partial charge in [-0.2, -0.15) is 0 Å². The third-order valence-electron chi connectivity index (χ3n) is 3.10. The van der Waals surface area contributed by atoms with E-state index in [1.54, 1.807) is 0 Å². The first-order valence-corrected chi connectivity index (χ1v) is 6.29. The zero-order valence-corrected chi connectivity index (χ0v) is 10.6. The quantitative estimate of drug-likeness (QED) is 0.791. The second-order valence-corrected chi connectivity index (χ2v) is 5.16. The number of nitrogens with two attached hydrogens (primary N) is 1. The first kappa shape index (κ1) is 10.8. The van der Waals surface area contributed by atoms with Crippen LogP contribution in [0.4, 0.5) is 11.4 Å². The molecule has 1 aliphatic rings. The Morgan fingerprint density at radius 1 is 1.40 bits per heavy atom. The fourth-order valence-corrected chi connectivity index (χ4v) is 2.62. The molecule has 0 aromatic heterocycles. The Labute approximate surface area is 99.6 Å². The molecular weight excluding hydrogens is 252 g/mol. The van der Waals surface area contributed by atoms with Crippen molar-refractivity contribution >= 4 is 27.3 Å². The average Bonchev–Trinajstić information content (AvgIpc) is 2.20. The molecule has 0 radical (unpaired) electrons. The summed E-state index contributed by atoms with van der Waals surface area (Å²) in [6.07, 6.45) is 3.89. The highest BCUT2D eigenvalue weighted by Crippen LogP contribution is 2.31. The molecule has 0 saturated carbocycles. The lowest BCUT2D eigenvalue weighted by Crippen LogP contribution is -2.37. The number of halogens is 1. The molecule has 2 rings (SSSR count). The molecule has 0 spiro atoms. The van der Waals surface area contributed by atoms with Crippen molar-refractivity contribution in [3.8, 4) is 0 Å². The van der Waals surface area contributed by atoms with Gasteiger partial charge in [0.25, 0.3) is 0 Å². The standard InChI is InChI=1S/C12H17BrN2/c1-9-4-2-3-7-15(9)12-6-5-10(13)8-11(12)14/h5-6,8-9H,2-4,7,14H2,1H3. The van der Waals surface area contributed by atoms with E-state index >= 15 is 0 Å². The van der Waals surface area contributed by atoms with Gasteiger partial charge in [0.15, 0.2) is 0 Å². The van der Waals surface area contributed by atoms with Crippen LogP contribution in [0.3, 0.4) is 0 Å². The second kappa shape index (κ2) is 4.44.